The first kappa shape index (κ1) is 11.3. The zero-order valence-corrected chi connectivity index (χ0v) is 8.04. The Hall–Kier alpha value is -0.670. The van der Waals surface area contributed by atoms with Gasteiger partial charge in [-0.2, -0.15) is 13.5 Å². The Labute approximate surface area is 82.9 Å². The number of halogens is 1. The lowest BCUT2D eigenvalue weighted by molar-refractivity contribution is 0.167. The van der Waals surface area contributed by atoms with Crippen LogP contribution in [0.4, 0.5) is 4.79 Å². The van der Waals surface area contributed by atoms with Gasteiger partial charge in [0.15, 0.2) is 0 Å². The summed E-state index contributed by atoms with van der Waals surface area (Å²) in [6.07, 6.45) is 0. The number of carbonyl (C=O) groups is 1. The summed E-state index contributed by atoms with van der Waals surface area (Å²) in [5.41, 5.74) is 0.162. The summed E-state index contributed by atoms with van der Waals surface area (Å²) in [5, 5.41) is 0. The van der Waals surface area contributed by atoms with Gasteiger partial charge in [0, 0.05) is 11.6 Å². The van der Waals surface area contributed by atoms with E-state index in [0.29, 0.717) is 0 Å². The summed E-state index contributed by atoms with van der Waals surface area (Å²) in [4.78, 5) is 10.2. The fraction of sp³-hybridized carbons (Fsp3) is 0.125. The fourth-order valence-corrected chi connectivity index (χ4v) is 0.769. The van der Waals surface area contributed by atoms with Crippen molar-refractivity contribution in [3.05, 3.63) is 35.9 Å². The maximum Gasteiger partial charge on any atom is 0.404 e. The van der Waals surface area contributed by atoms with E-state index in [9.17, 15) is 4.79 Å². The lowest BCUT2D eigenvalue weighted by Gasteiger charge is -1.98. The zero-order chi connectivity index (χ0) is 8.10. The van der Waals surface area contributed by atoms with Gasteiger partial charge >= 0.3 is 5.43 Å². The van der Waals surface area contributed by atoms with E-state index in [2.05, 4.69) is 4.74 Å². The Morgan fingerprint density at radius 3 is 2.42 bits per heavy atom. The van der Waals surface area contributed by atoms with Crippen LogP contribution >= 0.6 is 25.1 Å². The number of benzene rings is 1. The molecule has 0 aliphatic heterocycles. The largest absolute Gasteiger partial charge is 0.449 e. The molecule has 2 nitrogen and oxygen atoms in total. The first-order chi connectivity index (χ1) is 5.29. The molecule has 0 saturated heterocycles. The molecular weight excluding hydrogens is 196 g/mol. The second-order valence-electron chi connectivity index (χ2n) is 2.01. The molecule has 0 aliphatic rings. The Bertz CT molecular complexity index is 238. The summed E-state index contributed by atoms with van der Waals surface area (Å²) in [6, 6.07) is 9.36. The third-order valence-corrected chi connectivity index (χ3v) is 1.30. The van der Waals surface area contributed by atoms with Crippen LogP contribution in [0, 0.1) is 0 Å². The van der Waals surface area contributed by atoms with Crippen LogP contribution in [0.3, 0.4) is 0 Å². The molecule has 0 spiro atoms. The summed E-state index contributed by atoms with van der Waals surface area (Å²) < 4.78 is 4.55. The Morgan fingerprint density at radius 2 is 1.92 bits per heavy atom. The number of hydrogen-bond acceptors (Lipinski definition) is 2. The van der Waals surface area contributed by atoms with E-state index in [-0.39, 0.29) is 20.1 Å². The standard InChI is InChI=1S/C8H7ClO2.H2S/c9-8(10)11-6-7-4-2-1-3-5-7;/h1-5H,6H2;1H2. The van der Waals surface area contributed by atoms with E-state index in [4.69, 9.17) is 11.6 Å². The molecule has 1 aromatic rings. The number of rotatable bonds is 2. The van der Waals surface area contributed by atoms with Gasteiger partial charge in [-0.3, -0.25) is 0 Å². The molecule has 0 saturated carbocycles. The summed E-state index contributed by atoms with van der Waals surface area (Å²) in [7, 11) is 0. The predicted octanol–water partition coefficient (Wildman–Crippen LogP) is 2.67. The van der Waals surface area contributed by atoms with Crippen LogP contribution in [0.25, 0.3) is 0 Å². The highest BCUT2D eigenvalue weighted by molar-refractivity contribution is 7.59. The van der Waals surface area contributed by atoms with Gasteiger partial charge in [0.1, 0.15) is 6.61 Å². The smallest absolute Gasteiger partial charge is 0.404 e. The van der Waals surface area contributed by atoms with Gasteiger partial charge in [0.2, 0.25) is 0 Å². The first-order valence-electron chi connectivity index (χ1n) is 3.15. The van der Waals surface area contributed by atoms with Gasteiger partial charge in [0.25, 0.3) is 0 Å². The van der Waals surface area contributed by atoms with Gasteiger partial charge < -0.3 is 4.74 Å². The molecule has 12 heavy (non-hydrogen) atoms. The third-order valence-electron chi connectivity index (χ3n) is 1.20. The van der Waals surface area contributed by atoms with Crippen molar-refractivity contribution >= 4 is 30.5 Å². The van der Waals surface area contributed by atoms with E-state index in [0.717, 1.165) is 5.56 Å². The highest BCUT2D eigenvalue weighted by Gasteiger charge is 1.95. The molecule has 1 rings (SSSR count). The number of hydrogen-bond donors (Lipinski definition) is 0. The molecule has 0 aliphatic carbocycles. The molecule has 0 bridgehead atoms. The molecule has 0 unspecified atom stereocenters. The second kappa shape index (κ2) is 5.91. The molecule has 0 radical (unpaired) electrons. The summed E-state index contributed by atoms with van der Waals surface area (Å²) in [5.74, 6) is 0. The molecule has 0 N–H and O–H groups in total. The van der Waals surface area contributed by atoms with Gasteiger partial charge in [-0.1, -0.05) is 30.3 Å². The van der Waals surface area contributed by atoms with Crippen LogP contribution in [-0.2, 0) is 11.3 Å². The fourth-order valence-electron chi connectivity index (χ4n) is 0.714. The average molecular weight is 205 g/mol. The SMILES string of the molecule is O=C(Cl)OCc1ccccc1.S. The van der Waals surface area contributed by atoms with Crippen molar-refractivity contribution in [3.63, 3.8) is 0 Å². The maximum absolute atomic E-state index is 10.2. The van der Waals surface area contributed by atoms with Gasteiger partial charge in [-0.25, -0.2) is 4.79 Å². The lowest BCUT2D eigenvalue weighted by Crippen LogP contribution is -1.93. The van der Waals surface area contributed by atoms with Gasteiger partial charge in [-0.05, 0) is 5.56 Å². The van der Waals surface area contributed by atoms with Crippen LogP contribution in [0.1, 0.15) is 5.56 Å². The molecule has 66 valence electrons. The molecule has 0 aromatic heterocycles. The van der Waals surface area contributed by atoms with E-state index in [1.807, 2.05) is 30.3 Å². The summed E-state index contributed by atoms with van der Waals surface area (Å²) >= 11 is 4.97. The molecule has 4 heteroatoms. The Morgan fingerprint density at radius 1 is 1.33 bits per heavy atom. The molecule has 0 fully saturated rings. The normalized spacial score (nSPS) is 8.42. The number of ether oxygens (including phenoxy) is 1. The van der Waals surface area contributed by atoms with Crippen molar-refractivity contribution in [1.82, 2.24) is 0 Å². The second-order valence-corrected chi connectivity index (χ2v) is 2.32. The van der Waals surface area contributed by atoms with Crippen LogP contribution in [0.15, 0.2) is 30.3 Å². The van der Waals surface area contributed by atoms with Gasteiger partial charge in [-0.15, -0.1) is 0 Å². The highest BCUT2D eigenvalue weighted by atomic mass is 35.5. The van der Waals surface area contributed by atoms with Crippen molar-refractivity contribution in [2.45, 2.75) is 6.61 Å². The van der Waals surface area contributed by atoms with Crippen LogP contribution in [0.2, 0.25) is 0 Å². The van der Waals surface area contributed by atoms with E-state index >= 15 is 0 Å². The van der Waals surface area contributed by atoms with Crippen molar-refractivity contribution in [2.75, 3.05) is 0 Å². The Kier molecular flexibility index (Phi) is 5.58. The Balaban J connectivity index is 0.00000121. The van der Waals surface area contributed by atoms with E-state index in [1.54, 1.807) is 0 Å². The first-order valence-corrected chi connectivity index (χ1v) is 3.53. The summed E-state index contributed by atoms with van der Waals surface area (Å²) in [6.45, 7) is 0.239. The molecular formula is C8H9ClO2S. The monoisotopic (exact) mass is 204 g/mol. The minimum Gasteiger partial charge on any atom is -0.449 e. The van der Waals surface area contributed by atoms with Crippen molar-refractivity contribution in [2.24, 2.45) is 0 Å². The minimum absolute atomic E-state index is 0. The van der Waals surface area contributed by atoms with Crippen LogP contribution in [-0.4, -0.2) is 5.43 Å². The van der Waals surface area contributed by atoms with Crippen LogP contribution < -0.4 is 0 Å². The van der Waals surface area contributed by atoms with E-state index < -0.39 is 5.43 Å². The maximum atomic E-state index is 10.2. The quantitative estimate of drug-likeness (QED) is 0.693. The topological polar surface area (TPSA) is 26.3 Å². The number of carbonyl (C=O) groups excluding carboxylic acids is 1. The lowest BCUT2D eigenvalue weighted by atomic mass is 10.2. The third kappa shape index (κ3) is 4.26. The van der Waals surface area contributed by atoms with Crippen molar-refractivity contribution in [1.29, 1.82) is 0 Å². The van der Waals surface area contributed by atoms with E-state index in [1.165, 1.54) is 0 Å². The molecule has 1 aromatic carbocycles. The van der Waals surface area contributed by atoms with Crippen molar-refractivity contribution < 1.29 is 9.53 Å². The predicted molar refractivity (Wildman–Crippen MR) is 52.9 cm³/mol. The minimum atomic E-state index is -0.770. The molecule has 0 amide bonds. The average Bonchev–Trinajstić information content (AvgIpc) is 2.03. The molecule has 0 heterocycles. The van der Waals surface area contributed by atoms with Crippen molar-refractivity contribution in [3.8, 4) is 0 Å². The van der Waals surface area contributed by atoms with Crippen LogP contribution in [0.5, 0.6) is 0 Å². The zero-order valence-electron chi connectivity index (χ0n) is 6.29. The van der Waals surface area contributed by atoms with Gasteiger partial charge in [0.05, 0.1) is 0 Å². The molecule has 0 atom stereocenters. The highest BCUT2D eigenvalue weighted by Crippen LogP contribution is 2.01.